The second kappa shape index (κ2) is 2540. The van der Waals surface area contributed by atoms with E-state index in [-0.39, 0.29) is 123 Å². The minimum absolute atomic E-state index is 0. The maximum absolute atomic E-state index is 0. The van der Waals surface area contributed by atoms with E-state index in [1.54, 1.807) is 0 Å². The number of halogens is 2. The average Bonchev–Trinajstić information content (AvgIpc) is 0. The average molecular weight is 352 g/mol. The van der Waals surface area contributed by atoms with Crippen LogP contribution in [0.25, 0.3) is 0 Å². The lowest BCUT2D eigenvalue weighted by atomic mass is 12.0. The summed E-state index contributed by atoms with van der Waals surface area (Å²) in [6.07, 6.45) is 0. The third kappa shape index (κ3) is 2010. The highest BCUT2D eigenvalue weighted by molar-refractivity contribution is 2.51. The van der Waals surface area contributed by atoms with Gasteiger partial charge in [-0.05, 0) is 0 Å². The van der Waals surface area contributed by atoms with Crippen LogP contribution in [0.2, 0.25) is 0 Å². The Morgan fingerprint density at radius 3 is 0.143 bits per heavy atom. The van der Waals surface area contributed by atoms with Crippen LogP contribution in [0.5, 0.6) is 0 Å². The predicted octanol–water partition coefficient (Wildman–Crippen LogP) is 1.64. The highest BCUT2D eigenvalue weighted by atomic mass is 79.9. The molecule has 112 valence electrons. The molecule has 0 aromatic rings. The van der Waals surface area contributed by atoms with E-state index in [4.69, 9.17) is 0 Å². The van der Waals surface area contributed by atoms with Crippen LogP contribution in [0.4, 0.5) is 0 Å². The van der Waals surface area contributed by atoms with Crippen molar-refractivity contribution in [3.63, 3.8) is 0 Å². The molecule has 0 unspecified atom stereocenters. The maximum atomic E-state index is 0. The Bertz CT molecular complexity index is 8.28. The molecule has 0 aliphatic rings. The first-order chi connectivity index (χ1) is 0. The molecule has 0 nitrogen and oxygen atoms in total. The summed E-state index contributed by atoms with van der Waals surface area (Å²) in [4.78, 5) is 0. The maximum Gasteiger partial charge on any atom is -0.0776 e. The fourth-order valence-corrected chi connectivity index (χ4v) is 0. The lowest BCUT2D eigenvalue weighted by Crippen LogP contribution is -3.00. The van der Waals surface area contributed by atoms with Crippen LogP contribution < -0.4 is 34.0 Å². The van der Waals surface area contributed by atoms with Crippen LogP contribution in [0.1, 0.15) is 89.1 Å². The van der Waals surface area contributed by atoms with Crippen molar-refractivity contribution in [2.75, 3.05) is 0 Å². The van der Waals surface area contributed by atoms with Crippen molar-refractivity contribution in [1.82, 2.24) is 0 Å². The third-order valence-corrected chi connectivity index (χ3v) is 0. The first-order valence-corrected chi connectivity index (χ1v) is 0. The molecule has 0 N–H and O–H groups in total. The van der Waals surface area contributed by atoms with Crippen molar-refractivity contribution in [3.8, 4) is 0 Å². The van der Waals surface area contributed by atoms with Crippen molar-refractivity contribution in [3.05, 3.63) is 0 Å². The van der Waals surface area contributed by atoms with Gasteiger partial charge in [-0.15, -0.1) is 0 Å². The zero-order valence-electron chi connectivity index (χ0n) is 0.756. The van der Waals surface area contributed by atoms with E-state index in [1.165, 1.54) is 0 Å². The molecule has 0 aliphatic carbocycles. The summed E-state index contributed by atoms with van der Waals surface area (Å²) in [5, 5.41) is 0. The largest absolute Gasteiger partial charge is 1.00 e. The summed E-state index contributed by atoms with van der Waals surface area (Å²) in [5.41, 5.74) is 0. The Hall–Kier alpha value is 0.960. The van der Waals surface area contributed by atoms with Crippen LogP contribution >= 0.6 is 0 Å². The third-order valence-electron chi connectivity index (χ3n) is 0. The van der Waals surface area contributed by atoms with Gasteiger partial charge in [0.15, 0.2) is 0 Å². The van der Waals surface area contributed by atoms with Gasteiger partial charge in [0.25, 0.3) is 0 Å². The summed E-state index contributed by atoms with van der Waals surface area (Å²) in [7, 11) is 0. The van der Waals surface area contributed by atoms with E-state index in [2.05, 4.69) is 0 Å². The zero-order valence-corrected chi connectivity index (χ0v) is 3.93. The van der Waals surface area contributed by atoms with Crippen LogP contribution in [0, 0.1) is 0 Å². The Labute approximate surface area is 123 Å². The summed E-state index contributed by atoms with van der Waals surface area (Å²) in [6.45, 7) is 0. The zero-order chi connectivity index (χ0) is 0. The first kappa shape index (κ1) is 3160. The molecule has 0 aromatic carbocycles. The van der Waals surface area contributed by atoms with E-state index >= 15 is 0 Å². The highest BCUT2D eigenvalue weighted by Crippen LogP contribution is 0.155. The topological polar surface area (TPSA) is 0 Å². The molecule has 0 aliphatic heterocycles. The van der Waals surface area contributed by atoms with Crippen molar-refractivity contribution in [2.24, 2.45) is 0 Å². The molecule has 0 atom stereocenters. The molecular formula is C12H48Br2-2. The lowest BCUT2D eigenvalue weighted by Gasteiger charge is -1.00. The minimum atomic E-state index is 0. The molecule has 0 saturated heterocycles. The van der Waals surface area contributed by atoms with E-state index in [9.17, 15) is 0 Å². The van der Waals surface area contributed by atoms with Gasteiger partial charge in [0.05, 0.1) is 0 Å². The second-order valence-corrected chi connectivity index (χ2v) is 0. The molecule has 0 saturated carbocycles. The molecular weight excluding hydrogens is 304 g/mol. The fraction of sp³-hybridized carbons (Fsp3) is 1.00. The molecule has 0 fully saturated rings. The van der Waals surface area contributed by atoms with Crippen molar-refractivity contribution < 1.29 is 34.0 Å². The van der Waals surface area contributed by atoms with Gasteiger partial charge >= 0.3 is 0 Å². The Morgan fingerprint density at radius 2 is 0.143 bits per heavy atom. The summed E-state index contributed by atoms with van der Waals surface area (Å²) in [6, 6.07) is 0. The number of rotatable bonds is 0. The fourth-order valence-electron chi connectivity index (χ4n) is 0. The second-order valence-electron chi connectivity index (χ2n) is 0. The van der Waals surface area contributed by atoms with Gasteiger partial charge in [-0.3, -0.25) is 0 Å². The van der Waals surface area contributed by atoms with Gasteiger partial charge < -0.3 is 34.0 Å². The lowest BCUT2D eigenvalue weighted by molar-refractivity contribution is -0.00100. The van der Waals surface area contributed by atoms with E-state index in [0.29, 0.717) is 0 Å². The number of hydrogen-bond donors (Lipinski definition) is 0. The van der Waals surface area contributed by atoms with Crippen LogP contribution in [0.3, 0.4) is 0 Å². The highest BCUT2D eigenvalue weighted by Gasteiger charge is -0.0665. The monoisotopic (exact) mass is 350 g/mol. The molecule has 0 heterocycles. The van der Waals surface area contributed by atoms with E-state index in [0.717, 1.165) is 0 Å². The van der Waals surface area contributed by atoms with Crippen LogP contribution in [0.15, 0.2) is 0 Å². The normalized spacial score (nSPS) is 0. The Kier molecular flexibility index (Phi) is 575000. The summed E-state index contributed by atoms with van der Waals surface area (Å²) in [5.74, 6) is 0. The Morgan fingerprint density at radius 1 is 0.143 bits per heavy atom. The van der Waals surface area contributed by atoms with Crippen molar-refractivity contribution >= 4 is 0 Å². The molecule has 0 spiro atoms. The van der Waals surface area contributed by atoms with Gasteiger partial charge in [-0.1, -0.05) is 89.1 Å². The molecule has 0 aromatic heterocycles. The van der Waals surface area contributed by atoms with Gasteiger partial charge in [-0.25, -0.2) is 0 Å². The molecule has 0 radical (unpaired) electrons. The summed E-state index contributed by atoms with van der Waals surface area (Å²) >= 11 is 0. The van der Waals surface area contributed by atoms with Gasteiger partial charge in [0.2, 0.25) is 0 Å². The van der Waals surface area contributed by atoms with Gasteiger partial charge in [0.1, 0.15) is 0 Å². The predicted molar refractivity (Wildman–Crippen MR) is 80.8 cm³/mol. The molecule has 0 rings (SSSR count). The summed E-state index contributed by atoms with van der Waals surface area (Å²) < 4.78 is 0. The molecule has 14 heavy (non-hydrogen) atoms. The number of hydrogen-bond acceptors (Lipinski definition) is 0. The minimum Gasteiger partial charge on any atom is -1.00 e. The van der Waals surface area contributed by atoms with Gasteiger partial charge in [0, 0.05) is 0 Å². The van der Waals surface area contributed by atoms with Crippen molar-refractivity contribution in [2.45, 2.75) is 89.1 Å². The van der Waals surface area contributed by atoms with Crippen molar-refractivity contribution in [1.29, 1.82) is 0 Å². The smallest absolute Gasteiger partial charge is 0.0776 e. The van der Waals surface area contributed by atoms with Gasteiger partial charge in [-0.2, -0.15) is 0 Å². The van der Waals surface area contributed by atoms with E-state index < -0.39 is 0 Å². The molecule has 0 amide bonds. The molecule has 2 heteroatoms. The quantitative estimate of drug-likeness (QED) is 0.622. The van der Waals surface area contributed by atoms with Crippen LogP contribution in [-0.2, 0) is 0 Å². The Balaban J connectivity index is 0. The SMILES string of the molecule is C.C.C.C.C.C.C.C.C.C.C.C.[Br-].[Br-]. The van der Waals surface area contributed by atoms with E-state index in [1.807, 2.05) is 0 Å². The first-order valence-electron chi connectivity index (χ1n) is 0. The standard InChI is InChI=1S/12CH4.2BrH/h12*1H4;2*1H/p-2. The molecule has 0 bridgehead atoms. The van der Waals surface area contributed by atoms with Crippen LogP contribution in [-0.4, -0.2) is 0 Å².